The normalized spacial score (nSPS) is 8.71. The molecule has 0 aromatic heterocycles. The second kappa shape index (κ2) is 5.29. The molecule has 0 atom stereocenters. The molecule has 1 aromatic rings. The fourth-order valence-corrected chi connectivity index (χ4v) is 0.939. The Bertz CT molecular complexity index is 329. The van der Waals surface area contributed by atoms with Gasteiger partial charge in [0, 0.05) is 0 Å². The molecule has 0 heterocycles. The van der Waals surface area contributed by atoms with Crippen LogP contribution in [0.25, 0.3) is 0 Å². The summed E-state index contributed by atoms with van der Waals surface area (Å²) in [7, 11) is 2.83. The summed E-state index contributed by atoms with van der Waals surface area (Å²) in [5, 5.41) is 10.5. The molecule has 0 aliphatic heterocycles. The van der Waals surface area contributed by atoms with Crippen molar-refractivity contribution in [2.75, 3.05) is 14.2 Å². The maximum Gasteiger partial charge on any atom is 0.314 e. The van der Waals surface area contributed by atoms with Crippen LogP contribution in [-0.4, -0.2) is 19.1 Å². The van der Waals surface area contributed by atoms with E-state index in [9.17, 15) is 10.1 Å². The van der Waals surface area contributed by atoms with Crippen LogP contribution >= 0.6 is 12.4 Å². The van der Waals surface area contributed by atoms with Gasteiger partial charge in [0.25, 0.3) is 0 Å². The minimum absolute atomic E-state index is 0. The van der Waals surface area contributed by atoms with Crippen molar-refractivity contribution >= 4 is 18.1 Å². The molecule has 5 nitrogen and oxygen atoms in total. The number of benzene rings is 1. The Hall–Kier alpha value is -1.49. The van der Waals surface area contributed by atoms with Crippen LogP contribution in [0, 0.1) is 10.1 Å². The first-order valence-corrected chi connectivity index (χ1v) is 3.55. The molecule has 1 aromatic carbocycles. The van der Waals surface area contributed by atoms with Crippen molar-refractivity contribution in [1.82, 2.24) is 0 Å². The Morgan fingerprint density at radius 1 is 1.29 bits per heavy atom. The maximum atomic E-state index is 10.5. The van der Waals surface area contributed by atoms with Crippen LogP contribution in [0.3, 0.4) is 0 Å². The standard InChI is InChI=1S/C8H9NO4.ClH/c1-12-6-3-4-8(13-2)7(5-6)9(10)11;/h3-5H,1-2H3;1H. The molecule has 6 heteroatoms. The zero-order valence-corrected chi connectivity index (χ0v) is 8.54. The Morgan fingerprint density at radius 2 is 1.93 bits per heavy atom. The third-order valence-electron chi connectivity index (χ3n) is 1.58. The fraction of sp³-hybridized carbons (Fsp3) is 0.250. The third-order valence-corrected chi connectivity index (χ3v) is 1.58. The van der Waals surface area contributed by atoms with E-state index < -0.39 is 4.92 Å². The lowest BCUT2D eigenvalue weighted by Gasteiger charge is -2.03. The highest BCUT2D eigenvalue weighted by molar-refractivity contribution is 5.85. The SMILES string of the molecule is COc1ccc(OC)c([N+](=O)[O-])c1.Cl. The van der Waals surface area contributed by atoms with E-state index in [4.69, 9.17) is 9.47 Å². The molecule has 1 rings (SSSR count). The zero-order chi connectivity index (χ0) is 9.84. The summed E-state index contributed by atoms with van der Waals surface area (Å²) in [5.41, 5.74) is -0.0955. The largest absolute Gasteiger partial charge is 0.496 e. The maximum absolute atomic E-state index is 10.5. The lowest BCUT2D eigenvalue weighted by atomic mass is 10.3. The van der Waals surface area contributed by atoms with Crippen LogP contribution in [-0.2, 0) is 0 Å². The van der Waals surface area contributed by atoms with Crippen LogP contribution in [0.2, 0.25) is 0 Å². The summed E-state index contributed by atoms with van der Waals surface area (Å²) < 4.78 is 9.65. The van der Waals surface area contributed by atoms with E-state index in [1.165, 1.54) is 26.4 Å². The molecule has 0 spiro atoms. The van der Waals surface area contributed by atoms with E-state index in [2.05, 4.69) is 0 Å². The van der Waals surface area contributed by atoms with E-state index in [1.54, 1.807) is 6.07 Å². The van der Waals surface area contributed by atoms with Crippen LogP contribution in [0.1, 0.15) is 0 Å². The molecule has 0 aliphatic carbocycles. The predicted molar refractivity (Wildman–Crippen MR) is 53.4 cm³/mol. The smallest absolute Gasteiger partial charge is 0.314 e. The summed E-state index contributed by atoms with van der Waals surface area (Å²) in [5.74, 6) is 0.665. The summed E-state index contributed by atoms with van der Waals surface area (Å²) in [6.45, 7) is 0. The minimum Gasteiger partial charge on any atom is -0.496 e. The molecular formula is C8H10ClNO4. The fourth-order valence-electron chi connectivity index (χ4n) is 0.939. The van der Waals surface area contributed by atoms with E-state index in [-0.39, 0.29) is 23.8 Å². The van der Waals surface area contributed by atoms with Crippen molar-refractivity contribution in [3.63, 3.8) is 0 Å². The van der Waals surface area contributed by atoms with Gasteiger partial charge in [-0.15, -0.1) is 12.4 Å². The summed E-state index contributed by atoms with van der Waals surface area (Å²) in [6.07, 6.45) is 0. The van der Waals surface area contributed by atoms with E-state index in [0.29, 0.717) is 5.75 Å². The van der Waals surface area contributed by atoms with Crippen LogP contribution in [0.15, 0.2) is 18.2 Å². The van der Waals surface area contributed by atoms with Gasteiger partial charge in [-0.3, -0.25) is 10.1 Å². The van der Waals surface area contributed by atoms with Crippen molar-refractivity contribution in [2.45, 2.75) is 0 Å². The third kappa shape index (κ3) is 2.50. The van der Waals surface area contributed by atoms with Gasteiger partial charge in [0.1, 0.15) is 5.75 Å². The van der Waals surface area contributed by atoms with E-state index in [0.717, 1.165) is 0 Å². The molecule has 14 heavy (non-hydrogen) atoms. The molecular weight excluding hydrogens is 210 g/mol. The molecule has 0 fully saturated rings. The number of methoxy groups -OCH3 is 2. The number of rotatable bonds is 3. The molecule has 0 aliphatic rings. The highest BCUT2D eigenvalue weighted by Crippen LogP contribution is 2.30. The van der Waals surface area contributed by atoms with Gasteiger partial charge in [-0.1, -0.05) is 0 Å². The Morgan fingerprint density at radius 3 is 2.36 bits per heavy atom. The van der Waals surface area contributed by atoms with Crippen molar-refractivity contribution < 1.29 is 14.4 Å². The van der Waals surface area contributed by atoms with Gasteiger partial charge in [0.2, 0.25) is 0 Å². The number of nitrogens with zero attached hydrogens (tertiary/aromatic N) is 1. The lowest BCUT2D eigenvalue weighted by molar-refractivity contribution is -0.385. The Balaban J connectivity index is 0.00000169. The predicted octanol–water partition coefficient (Wildman–Crippen LogP) is 2.03. The van der Waals surface area contributed by atoms with E-state index in [1.807, 2.05) is 0 Å². The minimum atomic E-state index is -0.513. The number of nitro benzene ring substituents is 1. The van der Waals surface area contributed by atoms with Crippen LogP contribution < -0.4 is 9.47 Å². The van der Waals surface area contributed by atoms with Gasteiger partial charge in [0.15, 0.2) is 5.75 Å². The molecule has 0 bridgehead atoms. The van der Waals surface area contributed by atoms with Gasteiger partial charge in [-0.2, -0.15) is 0 Å². The molecule has 0 saturated carbocycles. The first-order chi connectivity index (χ1) is 6.19. The molecule has 0 radical (unpaired) electrons. The Labute approximate surface area is 87.2 Å². The molecule has 0 N–H and O–H groups in total. The number of nitro groups is 1. The van der Waals surface area contributed by atoms with Crippen molar-refractivity contribution in [1.29, 1.82) is 0 Å². The summed E-state index contributed by atoms with van der Waals surface area (Å²) in [6, 6.07) is 4.42. The zero-order valence-electron chi connectivity index (χ0n) is 7.72. The number of hydrogen-bond donors (Lipinski definition) is 0. The average molecular weight is 220 g/mol. The molecule has 78 valence electrons. The van der Waals surface area contributed by atoms with Crippen LogP contribution in [0.5, 0.6) is 11.5 Å². The number of ether oxygens (including phenoxy) is 2. The number of halogens is 1. The van der Waals surface area contributed by atoms with Gasteiger partial charge in [0.05, 0.1) is 25.2 Å². The van der Waals surface area contributed by atoms with Crippen molar-refractivity contribution in [3.05, 3.63) is 28.3 Å². The lowest BCUT2D eigenvalue weighted by Crippen LogP contribution is -1.94. The van der Waals surface area contributed by atoms with Gasteiger partial charge < -0.3 is 9.47 Å². The van der Waals surface area contributed by atoms with Gasteiger partial charge in [-0.25, -0.2) is 0 Å². The first kappa shape index (κ1) is 12.5. The highest BCUT2D eigenvalue weighted by atomic mass is 35.5. The van der Waals surface area contributed by atoms with Crippen LogP contribution in [0.4, 0.5) is 5.69 Å². The first-order valence-electron chi connectivity index (χ1n) is 3.55. The Kier molecular flexibility index (Phi) is 4.72. The molecule has 0 amide bonds. The molecule has 0 unspecified atom stereocenters. The topological polar surface area (TPSA) is 61.6 Å². The average Bonchev–Trinajstić information content (AvgIpc) is 2.16. The summed E-state index contributed by atoms with van der Waals surface area (Å²) >= 11 is 0. The van der Waals surface area contributed by atoms with E-state index >= 15 is 0 Å². The number of hydrogen-bond acceptors (Lipinski definition) is 4. The molecule has 0 saturated heterocycles. The quantitative estimate of drug-likeness (QED) is 0.577. The highest BCUT2D eigenvalue weighted by Gasteiger charge is 2.14. The second-order valence-electron chi connectivity index (χ2n) is 2.29. The summed E-state index contributed by atoms with van der Waals surface area (Å²) in [4.78, 5) is 10.0. The van der Waals surface area contributed by atoms with Crippen molar-refractivity contribution in [2.24, 2.45) is 0 Å². The van der Waals surface area contributed by atoms with Crippen molar-refractivity contribution in [3.8, 4) is 11.5 Å². The van der Waals surface area contributed by atoms with Gasteiger partial charge >= 0.3 is 5.69 Å². The van der Waals surface area contributed by atoms with Gasteiger partial charge in [-0.05, 0) is 12.1 Å². The second-order valence-corrected chi connectivity index (χ2v) is 2.29. The monoisotopic (exact) mass is 219 g/mol.